The molecule has 2 saturated carbocycles. The van der Waals surface area contributed by atoms with Gasteiger partial charge in [-0.1, -0.05) is 19.8 Å². The standard InChI is InChI=1S/C19H34N2O2/c1-5-13-12-16(13)20-15-9-6-8-14(15)17-10-7-11-21(17)18(22)23-19(2,3)4/h13-17,20H,5-12H2,1-4H3. The van der Waals surface area contributed by atoms with E-state index in [0.29, 0.717) is 18.0 Å². The Bertz CT molecular complexity index is 432. The summed E-state index contributed by atoms with van der Waals surface area (Å²) >= 11 is 0. The molecule has 1 N–H and O–H groups in total. The monoisotopic (exact) mass is 322 g/mol. The van der Waals surface area contributed by atoms with Gasteiger partial charge in [0.1, 0.15) is 5.60 Å². The fourth-order valence-corrected chi connectivity index (χ4v) is 4.62. The van der Waals surface area contributed by atoms with Crippen molar-refractivity contribution >= 4 is 6.09 Å². The number of nitrogens with zero attached hydrogens (tertiary/aromatic N) is 1. The second-order valence-corrected chi connectivity index (χ2v) is 8.76. The molecule has 5 unspecified atom stereocenters. The molecule has 5 atom stereocenters. The molecule has 0 spiro atoms. The van der Waals surface area contributed by atoms with Crippen molar-refractivity contribution in [3.05, 3.63) is 0 Å². The summed E-state index contributed by atoms with van der Waals surface area (Å²) in [7, 11) is 0. The molecule has 2 aliphatic carbocycles. The van der Waals surface area contributed by atoms with E-state index < -0.39 is 5.60 Å². The third-order valence-corrected chi connectivity index (χ3v) is 5.87. The van der Waals surface area contributed by atoms with Crippen molar-refractivity contribution in [3.8, 4) is 0 Å². The average Bonchev–Trinajstić information content (AvgIpc) is 2.86. The van der Waals surface area contributed by atoms with Gasteiger partial charge in [0.25, 0.3) is 0 Å². The zero-order chi connectivity index (χ0) is 16.6. The Labute approximate surface area is 141 Å². The van der Waals surface area contributed by atoms with Gasteiger partial charge in [0.05, 0.1) is 0 Å². The van der Waals surface area contributed by atoms with Gasteiger partial charge >= 0.3 is 6.09 Å². The van der Waals surface area contributed by atoms with Crippen LogP contribution in [0.5, 0.6) is 0 Å². The number of nitrogens with one attached hydrogen (secondary N) is 1. The van der Waals surface area contributed by atoms with E-state index in [4.69, 9.17) is 4.74 Å². The van der Waals surface area contributed by atoms with Crippen LogP contribution in [0.15, 0.2) is 0 Å². The van der Waals surface area contributed by atoms with E-state index in [1.807, 2.05) is 25.7 Å². The minimum Gasteiger partial charge on any atom is -0.444 e. The van der Waals surface area contributed by atoms with Crippen molar-refractivity contribution in [1.82, 2.24) is 10.2 Å². The largest absolute Gasteiger partial charge is 0.444 e. The third-order valence-electron chi connectivity index (χ3n) is 5.87. The Kier molecular flexibility index (Phi) is 4.91. The van der Waals surface area contributed by atoms with E-state index >= 15 is 0 Å². The van der Waals surface area contributed by atoms with E-state index in [-0.39, 0.29) is 6.09 Å². The van der Waals surface area contributed by atoms with Crippen LogP contribution in [0.3, 0.4) is 0 Å². The van der Waals surface area contributed by atoms with Gasteiger partial charge in [0, 0.05) is 24.7 Å². The highest BCUT2D eigenvalue weighted by Crippen LogP contribution is 2.40. The van der Waals surface area contributed by atoms with Gasteiger partial charge < -0.3 is 15.0 Å². The first-order chi connectivity index (χ1) is 10.9. The predicted molar refractivity (Wildman–Crippen MR) is 92.4 cm³/mol. The Balaban J connectivity index is 1.61. The maximum Gasteiger partial charge on any atom is 0.410 e. The first kappa shape index (κ1) is 17.1. The summed E-state index contributed by atoms with van der Waals surface area (Å²) < 4.78 is 5.64. The van der Waals surface area contributed by atoms with Crippen LogP contribution in [0.1, 0.15) is 72.6 Å². The third kappa shape index (κ3) is 4.01. The number of hydrogen-bond acceptors (Lipinski definition) is 3. The first-order valence-electron chi connectivity index (χ1n) is 9.64. The lowest BCUT2D eigenvalue weighted by Gasteiger charge is -2.34. The Morgan fingerprint density at radius 3 is 2.61 bits per heavy atom. The summed E-state index contributed by atoms with van der Waals surface area (Å²) in [5, 5.41) is 3.91. The van der Waals surface area contributed by atoms with Crippen LogP contribution in [-0.2, 0) is 4.74 Å². The van der Waals surface area contributed by atoms with Crippen molar-refractivity contribution in [2.24, 2.45) is 11.8 Å². The summed E-state index contributed by atoms with van der Waals surface area (Å²) in [5.41, 5.74) is -0.403. The quantitative estimate of drug-likeness (QED) is 0.852. The molecule has 1 saturated heterocycles. The average molecular weight is 322 g/mol. The summed E-state index contributed by atoms with van der Waals surface area (Å²) in [6.07, 6.45) is 8.62. The van der Waals surface area contributed by atoms with E-state index in [0.717, 1.165) is 31.3 Å². The lowest BCUT2D eigenvalue weighted by Crippen LogP contribution is -2.48. The summed E-state index contributed by atoms with van der Waals surface area (Å²) in [4.78, 5) is 14.6. The molecule has 0 aromatic heterocycles. The SMILES string of the molecule is CCC1CC1NC1CCCC1C1CCCN1C(=O)OC(C)(C)C. The molecule has 1 aliphatic heterocycles. The van der Waals surface area contributed by atoms with Gasteiger partial charge in [-0.15, -0.1) is 0 Å². The highest BCUT2D eigenvalue weighted by molar-refractivity contribution is 5.69. The van der Waals surface area contributed by atoms with Crippen LogP contribution in [-0.4, -0.2) is 41.3 Å². The summed E-state index contributed by atoms with van der Waals surface area (Å²) in [6, 6.07) is 1.72. The predicted octanol–water partition coefficient (Wildman–Crippen LogP) is 3.94. The van der Waals surface area contributed by atoms with Crippen LogP contribution >= 0.6 is 0 Å². The molecule has 0 aromatic rings. The molecule has 23 heavy (non-hydrogen) atoms. The van der Waals surface area contributed by atoms with Crippen molar-refractivity contribution in [2.45, 2.75) is 96.4 Å². The molecule has 1 heterocycles. The smallest absolute Gasteiger partial charge is 0.410 e. The second kappa shape index (κ2) is 6.62. The van der Waals surface area contributed by atoms with E-state index in [9.17, 15) is 4.79 Å². The number of rotatable bonds is 4. The number of likely N-dealkylation sites (tertiary alicyclic amines) is 1. The number of ether oxygens (including phenoxy) is 1. The molecular weight excluding hydrogens is 288 g/mol. The van der Waals surface area contributed by atoms with Crippen LogP contribution in [0, 0.1) is 11.8 Å². The zero-order valence-corrected chi connectivity index (χ0v) is 15.3. The highest BCUT2D eigenvalue weighted by Gasteiger charge is 2.45. The number of carbonyl (C=O) groups is 1. The van der Waals surface area contributed by atoms with Crippen molar-refractivity contribution in [3.63, 3.8) is 0 Å². The number of amides is 1. The molecule has 0 radical (unpaired) electrons. The van der Waals surface area contributed by atoms with E-state index in [1.54, 1.807) is 0 Å². The zero-order valence-electron chi connectivity index (χ0n) is 15.3. The molecule has 0 aromatic carbocycles. The van der Waals surface area contributed by atoms with Crippen LogP contribution in [0.2, 0.25) is 0 Å². The summed E-state index contributed by atoms with van der Waals surface area (Å²) in [6.45, 7) is 9.01. The van der Waals surface area contributed by atoms with Crippen molar-refractivity contribution in [1.29, 1.82) is 0 Å². The van der Waals surface area contributed by atoms with Crippen molar-refractivity contribution < 1.29 is 9.53 Å². The van der Waals surface area contributed by atoms with Gasteiger partial charge in [-0.3, -0.25) is 0 Å². The molecule has 3 rings (SSSR count). The highest BCUT2D eigenvalue weighted by atomic mass is 16.6. The van der Waals surface area contributed by atoms with Gasteiger partial charge in [-0.25, -0.2) is 4.79 Å². The van der Waals surface area contributed by atoms with E-state index in [2.05, 4.69) is 12.2 Å². The van der Waals surface area contributed by atoms with Crippen molar-refractivity contribution in [2.75, 3.05) is 6.54 Å². The van der Waals surface area contributed by atoms with Crippen LogP contribution < -0.4 is 5.32 Å². The fraction of sp³-hybridized carbons (Fsp3) is 0.947. The van der Waals surface area contributed by atoms with Crippen LogP contribution in [0.25, 0.3) is 0 Å². The molecule has 4 heteroatoms. The molecule has 0 bridgehead atoms. The molecule has 132 valence electrons. The van der Waals surface area contributed by atoms with Gasteiger partial charge in [-0.2, -0.15) is 0 Å². The maximum atomic E-state index is 12.6. The minimum absolute atomic E-state index is 0.108. The Morgan fingerprint density at radius 1 is 1.17 bits per heavy atom. The van der Waals surface area contributed by atoms with E-state index in [1.165, 1.54) is 32.1 Å². The summed E-state index contributed by atoms with van der Waals surface area (Å²) in [5.74, 6) is 1.50. The van der Waals surface area contributed by atoms with Gasteiger partial charge in [0.15, 0.2) is 0 Å². The molecule has 4 nitrogen and oxygen atoms in total. The topological polar surface area (TPSA) is 41.6 Å². The normalized spacial score (nSPS) is 37.2. The lowest BCUT2D eigenvalue weighted by atomic mass is 9.92. The molecule has 3 aliphatic rings. The second-order valence-electron chi connectivity index (χ2n) is 8.76. The molecule has 1 amide bonds. The first-order valence-corrected chi connectivity index (χ1v) is 9.64. The van der Waals surface area contributed by atoms with Gasteiger partial charge in [-0.05, 0) is 64.7 Å². The maximum absolute atomic E-state index is 12.6. The van der Waals surface area contributed by atoms with Crippen LogP contribution in [0.4, 0.5) is 4.79 Å². The number of hydrogen-bond donors (Lipinski definition) is 1. The molecule has 3 fully saturated rings. The number of carbonyl (C=O) groups excluding carboxylic acids is 1. The fourth-order valence-electron chi connectivity index (χ4n) is 4.62. The Hall–Kier alpha value is -0.770. The minimum atomic E-state index is -0.403. The molecular formula is C19H34N2O2. The Morgan fingerprint density at radius 2 is 1.96 bits per heavy atom. The lowest BCUT2D eigenvalue weighted by molar-refractivity contribution is 0.0166. The van der Waals surface area contributed by atoms with Gasteiger partial charge in [0.2, 0.25) is 0 Å².